The molecule has 2 unspecified atom stereocenters. The molecule has 8 heteroatoms. The summed E-state index contributed by atoms with van der Waals surface area (Å²) in [7, 11) is 0. The van der Waals surface area contributed by atoms with E-state index >= 15 is 0 Å². The van der Waals surface area contributed by atoms with Gasteiger partial charge in [0.25, 0.3) is 0 Å². The van der Waals surface area contributed by atoms with Crippen LogP contribution in [0.25, 0.3) is 11.4 Å². The number of carbonyl (C=O) groups is 1. The molecule has 2 aromatic heterocycles. The highest BCUT2D eigenvalue weighted by Gasteiger charge is 2.26. The average Bonchev–Trinajstić information content (AvgIpc) is 3.35. The minimum absolute atomic E-state index is 0.00316. The SMILES string of the molecule is CC(C)C(NC(=O)CSC(c1ccccc1)c1ccc(Cl)cc1)c1nc(-c2ccncc2)no1. The van der Waals surface area contributed by atoms with Crippen molar-refractivity contribution in [2.75, 3.05) is 5.75 Å². The first kappa shape index (κ1) is 24.0. The molecule has 0 aliphatic rings. The second-order valence-electron chi connectivity index (χ2n) is 8.13. The highest BCUT2D eigenvalue weighted by atomic mass is 35.5. The van der Waals surface area contributed by atoms with Crippen LogP contribution in [0.4, 0.5) is 0 Å². The van der Waals surface area contributed by atoms with Crippen LogP contribution >= 0.6 is 23.4 Å². The van der Waals surface area contributed by atoms with E-state index < -0.39 is 0 Å². The van der Waals surface area contributed by atoms with Gasteiger partial charge in [-0.2, -0.15) is 4.98 Å². The van der Waals surface area contributed by atoms with Gasteiger partial charge in [-0.05, 0) is 41.3 Å². The predicted molar refractivity (Wildman–Crippen MR) is 135 cm³/mol. The number of carbonyl (C=O) groups excluding carboxylic acids is 1. The first-order valence-corrected chi connectivity index (χ1v) is 12.4. The number of nitrogens with one attached hydrogen (secondary N) is 1. The molecule has 2 atom stereocenters. The van der Waals surface area contributed by atoms with E-state index in [1.54, 1.807) is 24.2 Å². The Balaban J connectivity index is 1.46. The number of amides is 1. The van der Waals surface area contributed by atoms with Crippen LogP contribution in [0.3, 0.4) is 0 Å². The van der Waals surface area contributed by atoms with Gasteiger partial charge in [0.05, 0.1) is 11.0 Å². The van der Waals surface area contributed by atoms with E-state index in [1.807, 2.05) is 68.4 Å². The fourth-order valence-electron chi connectivity index (χ4n) is 3.52. The monoisotopic (exact) mass is 492 g/mol. The molecule has 174 valence electrons. The van der Waals surface area contributed by atoms with Crippen LogP contribution in [0.1, 0.15) is 42.2 Å². The van der Waals surface area contributed by atoms with E-state index in [0.717, 1.165) is 16.7 Å². The quantitative estimate of drug-likeness (QED) is 0.303. The van der Waals surface area contributed by atoms with Crippen molar-refractivity contribution >= 4 is 29.3 Å². The Morgan fingerprint density at radius 1 is 1.00 bits per heavy atom. The maximum absolute atomic E-state index is 13.0. The van der Waals surface area contributed by atoms with E-state index in [-0.39, 0.29) is 28.9 Å². The molecule has 2 heterocycles. The third-order valence-electron chi connectivity index (χ3n) is 5.29. The summed E-state index contributed by atoms with van der Waals surface area (Å²) in [6, 6.07) is 21.1. The molecule has 0 spiro atoms. The Morgan fingerprint density at radius 3 is 2.35 bits per heavy atom. The molecule has 0 bridgehead atoms. The number of hydrogen-bond acceptors (Lipinski definition) is 6. The molecule has 1 N–H and O–H groups in total. The summed E-state index contributed by atoms with van der Waals surface area (Å²) >= 11 is 7.65. The Bertz CT molecular complexity index is 1200. The van der Waals surface area contributed by atoms with Crippen LogP contribution in [-0.2, 0) is 4.79 Å². The standard InChI is InChI=1S/C26H25ClN4O2S/c1-17(2)23(26-30-25(31-33-26)20-12-14-28-15-13-20)29-22(32)16-34-24(18-6-4-3-5-7-18)19-8-10-21(27)11-9-19/h3-15,17,23-24H,16H2,1-2H3,(H,29,32). The second kappa shape index (κ2) is 11.3. The highest BCUT2D eigenvalue weighted by molar-refractivity contribution is 8.00. The average molecular weight is 493 g/mol. The van der Waals surface area contributed by atoms with Crippen LogP contribution in [0.5, 0.6) is 0 Å². The van der Waals surface area contributed by atoms with E-state index in [2.05, 4.69) is 32.6 Å². The van der Waals surface area contributed by atoms with Gasteiger partial charge in [-0.15, -0.1) is 11.8 Å². The molecule has 6 nitrogen and oxygen atoms in total. The van der Waals surface area contributed by atoms with Crippen molar-refractivity contribution in [3.8, 4) is 11.4 Å². The molecule has 4 aromatic rings. The lowest BCUT2D eigenvalue weighted by Crippen LogP contribution is -2.33. The van der Waals surface area contributed by atoms with Crippen LogP contribution < -0.4 is 5.32 Å². The molecule has 4 rings (SSSR count). The van der Waals surface area contributed by atoms with Crippen molar-refractivity contribution < 1.29 is 9.32 Å². The third-order valence-corrected chi connectivity index (χ3v) is 6.84. The lowest BCUT2D eigenvalue weighted by atomic mass is 10.0. The van der Waals surface area contributed by atoms with Crippen molar-refractivity contribution in [1.82, 2.24) is 20.4 Å². The zero-order chi connectivity index (χ0) is 23.9. The van der Waals surface area contributed by atoms with E-state index in [0.29, 0.717) is 16.7 Å². The molecule has 0 aliphatic heterocycles. The van der Waals surface area contributed by atoms with Gasteiger partial charge in [-0.3, -0.25) is 9.78 Å². The number of benzene rings is 2. The van der Waals surface area contributed by atoms with Crippen LogP contribution in [0, 0.1) is 5.92 Å². The summed E-state index contributed by atoms with van der Waals surface area (Å²) in [5, 5.41) is 7.84. The number of halogens is 1. The summed E-state index contributed by atoms with van der Waals surface area (Å²) in [6.45, 7) is 4.02. The number of nitrogens with zero attached hydrogens (tertiary/aromatic N) is 3. The zero-order valence-electron chi connectivity index (χ0n) is 18.9. The summed E-state index contributed by atoms with van der Waals surface area (Å²) in [5.74, 6) is 1.11. The first-order valence-electron chi connectivity index (χ1n) is 11.0. The number of rotatable bonds is 9. The molecule has 34 heavy (non-hydrogen) atoms. The smallest absolute Gasteiger partial charge is 0.249 e. The number of pyridine rings is 1. The van der Waals surface area contributed by atoms with Crippen molar-refractivity contribution in [2.24, 2.45) is 5.92 Å². The van der Waals surface area contributed by atoms with Crippen molar-refractivity contribution in [1.29, 1.82) is 0 Å². The summed E-state index contributed by atoms with van der Waals surface area (Å²) in [6.07, 6.45) is 3.35. The van der Waals surface area contributed by atoms with E-state index in [1.165, 1.54) is 0 Å². The molecule has 0 saturated heterocycles. The molecular weight excluding hydrogens is 468 g/mol. The fraction of sp³-hybridized carbons (Fsp3) is 0.231. The van der Waals surface area contributed by atoms with Gasteiger partial charge in [-0.25, -0.2) is 0 Å². The molecule has 0 radical (unpaired) electrons. The number of aromatic nitrogens is 3. The molecule has 1 amide bonds. The van der Waals surface area contributed by atoms with Crippen LogP contribution in [0.2, 0.25) is 5.02 Å². The normalized spacial score (nSPS) is 12.9. The molecule has 0 aliphatic carbocycles. The van der Waals surface area contributed by atoms with Crippen LogP contribution in [0.15, 0.2) is 83.6 Å². The number of thioether (sulfide) groups is 1. The predicted octanol–water partition coefficient (Wildman–Crippen LogP) is 6.12. The number of hydrogen-bond donors (Lipinski definition) is 1. The van der Waals surface area contributed by atoms with Gasteiger partial charge >= 0.3 is 0 Å². The Morgan fingerprint density at radius 2 is 1.68 bits per heavy atom. The van der Waals surface area contributed by atoms with Gasteiger partial charge in [-0.1, -0.05) is 73.1 Å². The van der Waals surface area contributed by atoms with Gasteiger partial charge in [0.15, 0.2) is 0 Å². The fourth-order valence-corrected chi connectivity index (χ4v) is 4.74. The third kappa shape index (κ3) is 6.04. The van der Waals surface area contributed by atoms with Gasteiger partial charge in [0, 0.05) is 23.0 Å². The highest BCUT2D eigenvalue weighted by Crippen LogP contribution is 2.36. The van der Waals surface area contributed by atoms with Crippen molar-refractivity contribution in [3.63, 3.8) is 0 Å². The summed E-state index contributed by atoms with van der Waals surface area (Å²) in [5.41, 5.74) is 3.03. The van der Waals surface area contributed by atoms with Crippen molar-refractivity contribution in [2.45, 2.75) is 25.1 Å². The summed E-state index contributed by atoms with van der Waals surface area (Å²) < 4.78 is 5.50. The zero-order valence-corrected chi connectivity index (χ0v) is 20.5. The topological polar surface area (TPSA) is 80.9 Å². The van der Waals surface area contributed by atoms with Gasteiger partial charge < -0.3 is 9.84 Å². The molecule has 0 saturated carbocycles. The molecule has 0 fully saturated rings. The minimum Gasteiger partial charge on any atom is -0.343 e. The Kier molecular flexibility index (Phi) is 7.98. The first-order chi connectivity index (χ1) is 16.5. The Hall–Kier alpha value is -3.16. The van der Waals surface area contributed by atoms with Crippen LogP contribution in [-0.4, -0.2) is 26.8 Å². The molecule has 2 aromatic carbocycles. The van der Waals surface area contributed by atoms with Gasteiger partial charge in [0.2, 0.25) is 17.6 Å². The lowest BCUT2D eigenvalue weighted by Gasteiger charge is -2.21. The van der Waals surface area contributed by atoms with Gasteiger partial charge in [0.1, 0.15) is 6.04 Å². The van der Waals surface area contributed by atoms with E-state index in [9.17, 15) is 4.79 Å². The van der Waals surface area contributed by atoms with E-state index in [4.69, 9.17) is 16.1 Å². The largest absolute Gasteiger partial charge is 0.343 e. The maximum Gasteiger partial charge on any atom is 0.249 e. The Labute approximate surface area is 208 Å². The maximum atomic E-state index is 13.0. The second-order valence-corrected chi connectivity index (χ2v) is 9.66. The summed E-state index contributed by atoms with van der Waals surface area (Å²) in [4.78, 5) is 21.5. The lowest BCUT2D eigenvalue weighted by molar-refractivity contribution is -0.119. The molecular formula is C26H25ClN4O2S. The minimum atomic E-state index is -0.387. The van der Waals surface area contributed by atoms with Crippen molar-refractivity contribution in [3.05, 3.63) is 101 Å².